The number of hydrogen-bond acceptors (Lipinski definition) is 2. The van der Waals surface area contributed by atoms with Crippen LogP contribution in [-0.2, 0) is 0 Å². The Labute approximate surface area is 170 Å². The maximum Gasteiger partial charge on any atom is 0.126 e. The van der Waals surface area contributed by atoms with Crippen LogP contribution in [0.2, 0.25) is 0 Å². The maximum atomic E-state index is 4.71. The van der Waals surface area contributed by atoms with E-state index in [0.717, 1.165) is 33.5 Å². The van der Waals surface area contributed by atoms with Gasteiger partial charge in [-0.05, 0) is 41.3 Å². The molecule has 0 unspecified atom stereocenters. The van der Waals surface area contributed by atoms with E-state index in [9.17, 15) is 0 Å². The third kappa shape index (κ3) is 3.41. The summed E-state index contributed by atoms with van der Waals surface area (Å²) in [5, 5.41) is 1.08. The molecule has 2 nitrogen and oxygen atoms in total. The Morgan fingerprint density at radius 3 is 1.66 bits per heavy atom. The van der Waals surface area contributed by atoms with Crippen molar-refractivity contribution in [2.75, 3.05) is 0 Å². The van der Waals surface area contributed by atoms with Gasteiger partial charge in [-0.2, -0.15) is 0 Å². The molecular weight excluding hydrogens is 352 g/mol. The van der Waals surface area contributed by atoms with Gasteiger partial charge in [0, 0.05) is 10.9 Å². The Morgan fingerprint density at radius 2 is 1.00 bits per heavy atom. The van der Waals surface area contributed by atoms with Gasteiger partial charge >= 0.3 is 0 Å². The largest absolute Gasteiger partial charge is 0.233 e. The number of aromatic nitrogens is 2. The SMILES string of the molecule is Cc1nc(-c2ccccc2)c2ccc(-c3ccc(-c4ccccc4)cc3)cc2n1. The van der Waals surface area contributed by atoms with Gasteiger partial charge in [0.05, 0.1) is 11.2 Å². The lowest BCUT2D eigenvalue weighted by molar-refractivity contribution is 1.10. The first-order valence-electron chi connectivity index (χ1n) is 9.78. The zero-order valence-electron chi connectivity index (χ0n) is 16.2. The summed E-state index contributed by atoms with van der Waals surface area (Å²) in [4.78, 5) is 9.41. The summed E-state index contributed by atoms with van der Waals surface area (Å²) in [6, 6.07) is 35.9. The molecule has 138 valence electrons. The summed E-state index contributed by atoms with van der Waals surface area (Å²) in [5.74, 6) is 0.785. The van der Waals surface area contributed by atoms with Crippen molar-refractivity contribution in [3.05, 3.63) is 109 Å². The van der Waals surface area contributed by atoms with Gasteiger partial charge in [0.1, 0.15) is 5.82 Å². The predicted octanol–water partition coefficient (Wildman–Crippen LogP) is 6.94. The Kier molecular flexibility index (Phi) is 4.38. The van der Waals surface area contributed by atoms with E-state index in [4.69, 9.17) is 9.97 Å². The topological polar surface area (TPSA) is 25.8 Å². The monoisotopic (exact) mass is 372 g/mol. The molecule has 0 bridgehead atoms. The highest BCUT2D eigenvalue weighted by Gasteiger charge is 2.09. The quantitative estimate of drug-likeness (QED) is 0.343. The first-order chi connectivity index (χ1) is 14.3. The molecule has 29 heavy (non-hydrogen) atoms. The Hall–Kier alpha value is -3.78. The van der Waals surface area contributed by atoms with Gasteiger partial charge in [-0.1, -0.05) is 91.0 Å². The smallest absolute Gasteiger partial charge is 0.126 e. The minimum atomic E-state index is 0.785. The molecule has 1 heterocycles. The number of hydrogen-bond donors (Lipinski definition) is 0. The lowest BCUT2D eigenvalue weighted by atomic mass is 9.98. The molecule has 1 aromatic heterocycles. The lowest BCUT2D eigenvalue weighted by Gasteiger charge is -2.10. The van der Waals surface area contributed by atoms with Crippen LogP contribution < -0.4 is 0 Å². The van der Waals surface area contributed by atoms with E-state index in [0.29, 0.717) is 0 Å². The highest BCUT2D eigenvalue weighted by atomic mass is 14.9. The van der Waals surface area contributed by atoms with Gasteiger partial charge in [0.25, 0.3) is 0 Å². The molecule has 0 saturated heterocycles. The average molecular weight is 372 g/mol. The van der Waals surface area contributed by atoms with Gasteiger partial charge in [-0.25, -0.2) is 9.97 Å². The number of aryl methyl sites for hydroxylation is 1. The van der Waals surface area contributed by atoms with Crippen molar-refractivity contribution in [3.63, 3.8) is 0 Å². The second-order valence-corrected chi connectivity index (χ2v) is 7.16. The molecule has 5 aromatic rings. The highest BCUT2D eigenvalue weighted by molar-refractivity contribution is 5.94. The molecule has 0 spiro atoms. The maximum absolute atomic E-state index is 4.71. The van der Waals surface area contributed by atoms with E-state index in [1.807, 2.05) is 31.2 Å². The van der Waals surface area contributed by atoms with E-state index in [2.05, 4.69) is 78.9 Å². The molecule has 0 aliphatic rings. The molecule has 4 aromatic carbocycles. The number of benzene rings is 4. The first-order valence-corrected chi connectivity index (χ1v) is 9.78. The molecule has 0 atom stereocenters. The molecule has 5 rings (SSSR count). The third-order valence-corrected chi connectivity index (χ3v) is 5.18. The summed E-state index contributed by atoms with van der Waals surface area (Å²) in [5.41, 5.74) is 7.87. The fourth-order valence-electron chi connectivity index (χ4n) is 3.73. The Morgan fingerprint density at radius 1 is 0.483 bits per heavy atom. The number of fused-ring (bicyclic) bond motifs is 1. The van der Waals surface area contributed by atoms with Gasteiger partial charge in [0.15, 0.2) is 0 Å². The fraction of sp³-hybridized carbons (Fsp3) is 0.0370. The van der Waals surface area contributed by atoms with Crippen molar-refractivity contribution in [1.82, 2.24) is 9.97 Å². The third-order valence-electron chi connectivity index (χ3n) is 5.18. The summed E-state index contributed by atoms with van der Waals surface area (Å²) in [6.45, 7) is 1.95. The van der Waals surface area contributed by atoms with Crippen LogP contribution in [0.25, 0.3) is 44.4 Å². The van der Waals surface area contributed by atoms with Gasteiger partial charge in [-0.3, -0.25) is 0 Å². The van der Waals surface area contributed by atoms with Crippen LogP contribution in [-0.4, -0.2) is 9.97 Å². The van der Waals surface area contributed by atoms with Crippen LogP contribution in [0.5, 0.6) is 0 Å². The first kappa shape index (κ1) is 17.3. The molecule has 0 radical (unpaired) electrons. The fourth-order valence-corrected chi connectivity index (χ4v) is 3.73. The zero-order chi connectivity index (χ0) is 19.6. The summed E-state index contributed by atoms with van der Waals surface area (Å²) >= 11 is 0. The molecule has 2 heteroatoms. The van der Waals surface area contributed by atoms with Crippen molar-refractivity contribution >= 4 is 10.9 Å². The average Bonchev–Trinajstić information content (AvgIpc) is 2.79. The Balaban J connectivity index is 1.57. The van der Waals surface area contributed by atoms with E-state index in [1.165, 1.54) is 16.7 Å². The second-order valence-electron chi connectivity index (χ2n) is 7.16. The standard InChI is InChI=1S/C27H20N2/c1-19-28-26-18-24(16-17-25(26)27(29-19)23-10-6-3-7-11-23)22-14-12-21(13-15-22)20-8-4-2-5-9-20/h2-18H,1H3. The van der Waals surface area contributed by atoms with Crippen LogP contribution in [0.4, 0.5) is 0 Å². The van der Waals surface area contributed by atoms with Crippen LogP contribution in [0.1, 0.15) is 5.82 Å². The highest BCUT2D eigenvalue weighted by Crippen LogP contribution is 2.30. The van der Waals surface area contributed by atoms with Gasteiger partial charge in [-0.15, -0.1) is 0 Å². The molecule has 0 aliphatic carbocycles. The predicted molar refractivity (Wildman–Crippen MR) is 121 cm³/mol. The number of rotatable bonds is 3. The van der Waals surface area contributed by atoms with E-state index < -0.39 is 0 Å². The van der Waals surface area contributed by atoms with Gasteiger partial charge < -0.3 is 0 Å². The van der Waals surface area contributed by atoms with E-state index in [1.54, 1.807) is 0 Å². The van der Waals surface area contributed by atoms with E-state index >= 15 is 0 Å². The van der Waals surface area contributed by atoms with Crippen LogP contribution >= 0.6 is 0 Å². The van der Waals surface area contributed by atoms with Crippen LogP contribution in [0.15, 0.2) is 103 Å². The van der Waals surface area contributed by atoms with Crippen molar-refractivity contribution in [3.8, 4) is 33.5 Å². The van der Waals surface area contributed by atoms with Gasteiger partial charge in [0.2, 0.25) is 0 Å². The zero-order valence-corrected chi connectivity index (χ0v) is 16.2. The van der Waals surface area contributed by atoms with Crippen molar-refractivity contribution in [2.24, 2.45) is 0 Å². The summed E-state index contributed by atoms with van der Waals surface area (Å²) in [6.07, 6.45) is 0. The molecular formula is C27H20N2. The summed E-state index contributed by atoms with van der Waals surface area (Å²) < 4.78 is 0. The Bertz CT molecular complexity index is 1280. The molecule has 0 aliphatic heterocycles. The van der Waals surface area contributed by atoms with Crippen molar-refractivity contribution < 1.29 is 0 Å². The number of nitrogens with zero attached hydrogens (tertiary/aromatic N) is 2. The van der Waals surface area contributed by atoms with Crippen molar-refractivity contribution in [2.45, 2.75) is 6.92 Å². The van der Waals surface area contributed by atoms with Crippen LogP contribution in [0, 0.1) is 6.92 Å². The second kappa shape index (κ2) is 7.33. The molecule has 0 fully saturated rings. The van der Waals surface area contributed by atoms with Crippen molar-refractivity contribution in [1.29, 1.82) is 0 Å². The minimum Gasteiger partial charge on any atom is -0.233 e. The molecule has 0 N–H and O–H groups in total. The summed E-state index contributed by atoms with van der Waals surface area (Å²) in [7, 11) is 0. The lowest BCUT2D eigenvalue weighted by Crippen LogP contribution is -1.94. The van der Waals surface area contributed by atoms with E-state index in [-0.39, 0.29) is 0 Å². The molecule has 0 amide bonds. The molecule has 0 saturated carbocycles. The van der Waals surface area contributed by atoms with Crippen LogP contribution in [0.3, 0.4) is 0 Å². The normalized spacial score (nSPS) is 10.9. The minimum absolute atomic E-state index is 0.785.